The summed E-state index contributed by atoms with van der Waals surface area (Å²) < 4.78 is 0. The summed E-state index contributed by atoms with van der Waals surface area (Å²) in [5, 5.41) is 5.40. The zero-order chi connectivity index (χ0) is 23.5. The van der Waals surface area contributed by atoms with E-state index in [2.05, 4.69) is 24.5 Å². The molecule has 2 heterocycles. The molecule has 0 bridgehead atoms. The Bertz CT molecular complexity index is 738. The normalized spacial score (nSPS) is 33.6. The summed E-state index contributed by atoms with van der Waals surface area (Å²) in [6.45, 7) is 6.87. The van der Waals surface area contributed by atoms with Crippen LogP contribution in [0.5, 0.6) is 0 Å². The van der Waals surface area contributed by atoms with Crippen molar-refractivity contribution in [2.45, 2.75) is 96.7 Å². The average molecular weight is 449 g/mol. The first-order chi connectivity index (χ1) is 15.2. The van der Waals surface area contributed by atoms with Crippen LogP contribution in [0.1, 0.15) is 78.6 Å². The van der Waals surface area contributed by atoms with Gasteiger partial charge in [0.1, 0.15) is 6.04 Å². The number of piperidine rings is 1. The zero-order valence-corrected chi connectivity index (χ0v) is 19.8. The molecule has 0 unspecified atom stereocenters. The molecule has 1 aliphatic carbocycles. The molecule has 3 rings (SSSR count). The molecule has 8 nitrogen and oxygen atoms in total. The lowest BCUT2D eigenvalue weighted by atomic mass is 9.97. The fraction of sp³-hybridized carbons (Fsp3) is 0.833. The third-order valence-electron chi connectivity index (χ3n) is 7.78. The molecular weight excluding hydrogens is 408 g/mol. The number of Topliss-reactive ketones (excluding diaryl/α,β-unsaturated/α-hetero) is 1. The maximum atomic E-state index is 13.4. The van der Waals surface area contributed by atoms with E-state index < -0.39 is 29.8 Å². The van der Waals surface area contributed by atoms with E-state index in [1.165, 1.54) is 0 Å². The Morgan fingerprint density at radius 2 is 1.66 bits per heavy atom. The molecule has 3 aliphatic rings. The van der Waals surface area contributed by atoms with Crippen LogP contribution in [0.25, 0.3) is 0 Å². The quantitative estimate of drug-likeness (QED) is 0.565. The second-order valence-corrected chi connectivity index (χ2v) is 10.3. The van der Waals surface area contributed by atoms with Crippen molar-refractivity contribution < 1.29 is 19.2 Å². The smallest absolute Gasteiger partial charge is 0.289 e. The molecule has 0 aromatic carbocycles. The lowest BCUT2D eigenvalue weighted by molar-refractivity contribution is -0.144. The van der Waals surface area contributed by atoms with Crippen LogP contribution in [0.2, 0.25) is 0 Å². The highest BCUT2D eigenvalue weighted by molar-refractivity contribution is 6.38. The molecule has 0 aromatic rings. The predicted molar refractivity (Wildman–Crippen MR) is 121 cm³/mol. The molecule has 1 saturated carbocycles. The first-order valence-corrected chi connectivity index (χ1v) is 12.4. The van der Waals surface area contributed by atoms with Gasteiger partial charge in [-0.3, -0.25) is 19.2 Å². The number of nitrogens with zero attached hydrogens (tertiary/aromatic N) is 1. The van der Waals surface area contributed by atoms with E-state index in [0.29, 0.717) is 25.9 Å². The number of hydrogen-bond acceptors (Lipinski definition) is 5. The topological polar surface area (TPSA) is 122 Å². The van der Waals surface area contributed by atoms with Crippen LogP contribution < -0.4 is 16.4 Å². The minimum Gasteiger partial charge on any atom is -0.350 e. The van der Waals surface area contributed by atoms with E-state index >= 15 is 0 Å². The summed E-state index contributed by atoms with van der Waals surface area (Å²) in [5.41, 5.74) is 6.21. The molecule has 3 fully saturated rings. The summed E-state index contributed by atoms with van der Waals surface area (Å²) in [5.74, 6) is -1.48. The van der Waals surface area contributed by atoms with Crippen LogP contribution in [0.15, 0.2) is 0 Å². The number of carbonyl (C=O) groups is 4. The number of nitrogens with one attached hydrogen (secondary N) is 2. The first kappa shape index (κ1) is 24.7. The number of amides is 3. The Balaban J connectivity index is 1.81. The van der Waals surface area contributed by atoms with Gasteiger partial charge in [-0.2, -0.15) is 0 Å². The van der Waals surface area contributed by atoms with E-state index in [4.69, 9.17) is 5.73 Å². The number of ketones is 1. The van der Waals surface area contributed by atoms with Crippen LogP contribution in [-0.4, -0.2) is 59.6 Å². The summed E-state index contributed by atoms with van der Waals surface area (Å²) in [7, 11) is 0. The molecule has 3 amide bonds. The molecule has 0 spiro atoms. The van der Waals surface area contributed by atoms with Crippen molar-refractivity contribution >= 4 is 23.5 Å². The van der Waals surface area contributed by atoms with Crippen molar-refractivity contribution in [2.24, 2.45) is 23.0 Å². The highest BCUT2D eigenvalue weighted by Gasteiger charge is 2.69. The van der Waals surface area contributed by atoms with Gasteiger partial charge in [0, 0.05) is 13.1 Å². The van der Waals surface area contributed by atoms with Gasteiger partial charge in [0.05, 0.1) is 12.1 Å². The summed E-state index contributed by atoms with van der Waals surface area (Å²) in [6, 6.07) is -2.11. The van der Waals surface area contributed by atoms with E-state index in [1.54, 1.807) is 11.8 Å². The summed E-state index contributed by atoms with van der Waals surface area (Å²) in [6.07, 6.45) is 7.99. The van der Waals surface area contributed by atoms with Gasteiger partial charge in [-0.1, -0.05) is 58.8 Å². The standard InChI is InChI=1S/C24H40N4O4/c1-4-26-22(31)20(29)17-13-11-9-7-5-6-8-10-12-16(25)23(32)28-14-15-18(24(15,2)3)19(28)21(30)27-17/h15-19H,4-14,25H2,1-3H3,(H,26,31)(H,27,30)/t15-,16-,17-,18-,19-/m0/s1. The summed E-state index contributed by atoms with van der Waals surface area (Å²) in [4.78, 5) is 53.2. The van der Waals surface area contributed by atoms with Crippen LogP contribution in [0.3, 0.4) is 0 Å². The van der Waals surface area contributed by atoms with Crippen molar-refractivity contribution in [1.29, 1.82) is 0 Å². The van der Waals surface area contributed by atoms with Crippen molar-refractivity contribution in [3.8, 4) is 0 Å². The van der Waals surface area contributed by atoms with Crippen LogP contribution >= 0.6 is 0 Å². The number of fused-ring (bicyclic) bond motifs is 3. The maximum absolute atomic E-state index is 13.4. The number of rotatable bonds is 3. The lowest BCUT2D eigenvalue weighted by Gasteiger charge is -2.33. The van der Waals surface area contributed by atoms with Crippen molar-refractivity contribution in [1.82, 2.24) is 15.5 Å². The average Bonchev–Trinajstić information content (AvgIpc) is 3.10. The van der Waals surface area contributed by atoms with Gasteiger partial charge in [0.2, 0.25) is 17.6 Å². The van der Waals surface area contributed by atoms with E-state index in [1.807, 2.05) is 0 Å². The second kappa shape index (κ2) is 10.3. The fourth-order valence-electron chi connectivity index (χ4n) is 5.68. The second-order valence-electron chi connectivity index (χ2n) is 10.3. The van der Waals surface area contributed by atoms with Gasteiger partial charge in [-0.05, 0) is 37.0 Å². The van der Waals surface area contributed by atoms with Crippen LogP contribution in [-0.2, 0) is 19.2 Å². The Hall–Kier alpha value is -1.96. The van der Waals surface area contributed by atoms with E-state index in [0.717, 1.165) is 44.9 Å². The highest BCUT2D eigenvalue weighted by Crippen LogP contribution is 2.64. The highest BCUT2D eigenvalue weighted by atomic mass is 16.2. The Kier molecular flexibility index (Phi) is 7.96. The molecule has 0 aromatic heterocycles. The largest absolute Gasteiger partial charge is 0.350 e. The van der Waals surface area contributed by atoms with Crippen molar-refractivity contribution in [3.63, 3.8) is 0 Å². The zero-order valence-electron chi connectivity index (χ0n) is 19.8. The van der Waals surface area contributed by atoms with Gasteiger partial charge < -0.3 is 21.3 Å². The van der Waals surface area contributed by atoms with Crippen LogP contribution in [0, 0.1) is 17.3 Å². The van der Waals surface area contributed by atoms with Crippen LogP contribution in [0.4, 0.5) is 0 Å². The predicted octanol–water partition coefficient (Wildman–Crippen LogP) is 1.51. The third kappa shape index (κ3) is 5.16. The fourth-order valence-corrected chi connectivity index (χ4v) is 5.68. The number of nitrogens with two attached hydrogens (primary N) is 1. The third-order valence-corrected chi connectivity index (χ3v) is 7.78. The molecule has 0 radical (unpaired) electrons. The molecule has 5 atom stereocenters. The van der Waals surface area contributed by atoms with Gasteiger partial charge in [-0.25, -0.2) is 0 Å². The van der Waals surface area contributed by atoms with E-state index in [9.17, 15) is 19.2 Å². The number of hydrogen-bond donors (Lipinski definition) is 3. The van der Waals surface area contributed by atoms with Gasteiger partial charge in [0.25, 0.3) is 5.91 Å². The molecular formula is C24H40N4O4. The SMILES string of the molecule is CCNC(=O)C(=O)[C@@H]1CCCCCCCCC[C@H](N)C(=O)N2C[C@H]3[C@@H]([C@H]2C(=O)N1)C3(C)C. The van der Waals surface area contributed by atoms with Gasteiger partial charge >= 0.3 is 0 Å². The first-order valence-electron chi connectivity index (χ1n) is 12.4. The van der Waals surface area contributed by atoms with Crippen molar-refractivity contribution in [2.75, 3.05) is 13.1 Å². The minimum atomic E-state index is -0.867. The maximum Gasteiger partial charge on any atom is 0.289 e. The molecule has 2 saturated heterocycles. The number of carbonyl (C=O) groups excluding carboxylic acids is 4. The Morgan fingerprint density at radius 1 is 1.06 bits per heavy atom. The van der Waals surface area contributed by atoms with Gasteiger partial charge in [-0.15, -0.1) is 0 Å². The Labute approximate surface area is 191 Å². The molecule has 32 heavy (non-hydrogen) atoms. The molecule has 4 N–H and O–H groups in total. The van der Waals surface area contributed by atoms with Crippen molar-refractivity contribution in [3.05, 3.63) is 0 Å². The molecule has 2 aliphatic heterocycles. The Morgan fingerprint density at radius 3 is 2.28 bits per heavy atom. The minimum absolute atomic E-state index is 0.0250. The van der Waals surface area contributed by atoms with E-state index in [-0.39, 0.29) is 29.1 Å². The molecule has 8 heteroatoms. The van der Waals surface area contributed by atoms with Gasteiger partial charge in [0.15, 0.2) is 0 Å². The lowest BCUT2D eigenvalue weighted by Crippen LogP contribution is -2.57. The number of likely N-dealkylation sites (N-methyl/N-ethyl adjacent to an activating group) is 1. The summed E-state index contributed by atoms with van der Waals surface area (Å²) >= 11 is 0. The monoisotopic (exact) mass is 448 g/mol. The molecule has 180 valence electrons.